The topological polar surface area (TPSA) is 30.2 Å². The second-order valence-electron chi connectivity index (χ2n) is 7.53. The van der Waals surface area contributed by atoms with Gasteiger partial charge in [-0.2, -0.15) is 0 Å². The highest BCUT2D eigenvalue weighted by molar-refractivity contribution is 5.70. The Hall–Kier alpha value is -1.05. The molecule has 0 atom stereocenters. The number of hydrogen-bond acceptors (Lipinski definition) is 2. The number of carbonyl (C=O) groups excluding carboxylic acids is 1. The van der Waals surface area contributed by atoms with E-state index >= 15 is 0 Å². The normalized spacial score (nSPS) is 11.1. The van der Waals surface area contributed by atoms with Crippen LogP contribution in [0.25, 0.3) is 0 Å². The summed E-state index contributed by atoms with van der Waals surface area (Å²) in [4.78, 5) is 10.5. The molecule has 0 amide bonds. The number of aryl methyl sites for hydroxylation is 1. The highest BCUT2D eigenvalue weighted by atomic mass is 16.3. The molecule has 0 aromatic carbocycles. The zero-order chi connectivity index (χ0) is 18.0. The van der Waals surface area contributed by atoms with Crippen LogP contribution in [-0.2, 0) is 6.42 Å². The van der Waals surface area contributed by atoms with Gasteiger partial charge in [0.1, 0.15) is 0 Å². The number of aldehydes is 1. The van der Waals surface area contributed by atoms with Gasteiger partial charge in [-0.05, 0) is 24.5 Å². The summed E-state index contributed by atoms with van der Waals surface area (Å²) in [5.41, 5.74) is 1.16. The van der Waals surface area contributed by atoms with E-state index in [0.29, 0.717) is 5.76 Å². The van der Waals surface area contributed by atoms with Crippen molar-refractivity contribution in [2.75, 3.05) is 0 Å². The van der Waals surface area contributed by atoms with E-state index in [4.69, 9.17) is 4.42 Å². The Morgan fingerprint density at radius 3 is 1.56 bits per heavy atom. The van der Waals surface area contributed by atoms with Crippen LogP contribution < -0.4 is 0 Å². The Balaban J connectivity index is 1.74. The fourth-order valence-corrected chi connectivity index (χ4v) is 3.46. The lowest BCUT2D eigenvalue weighted by Gasteiger charge is -2.03. The van der Waals surface area contributed by atoms with E-state index in [2.05, 4.69) is 6.92 Å². The van der Waals surface area contributed by atoms with Crippen molar-refractivity contribution in [3.63, 3.8) is 0 Å². The van der Waals surface area contributed by atoms with E-state index in [1.165, 1.54) is 103 Å². The molecule has 2 heteroatoms. The maximum atomic E-state index is 10.5. The monoisotopic (exact) mass is 348 g/mol. The van der Waals surface area contributed by atoms with Gasteiger partial charge in [0, 0.05) is 0 Å². The summed E-state index contributed by atoms with van der Waals surface area (Å²) in [5.74, 6) is 0.450. The summed E-state index contributed by atoms with van der Waals surface area (Å²) in [7, 11) is 0. The first-order chi connectivity index (χ1) is 12.4. The molecular weight excluding hydrogens is 308 g/mol. The zero-order valence-electron chi connectivity index (χ0n) is 16.6. The molecule has 0 fully saturated rings. The smallest absolute Gasteiger partial charge is 0.185 e. The summed E-state index contributed by atoms with van der Waals surface area (Å²) < 4.78 is 5.13. The SMILES string of the molecule is CCCCCCCCCCCCCCCCCCc1coc(C=O)c1. The largest absolute Gasteiger partial charge is 0.461 e. The van der Waals surface area contributed by atoms with E-state index in [1.54, 1.807) is 6.26 Å². The van der Waals surface area contributed by atoms with Crippen LogP contribution in [0.5, 0.6) is 0 Å². The van der Waals surface area contributed by atoms with E-state index in [1.807, 2.05) is 6.07 Å². The first kappa shape index (κ1) is 22.0. The minimum atomic E-state index is 0.450. The third-order valence-corrected chi connectivity index (χ3v) is 5.11. The third-order valence-electron chi connectivity index (χ3n) is 5.11. The molecule has 1 rings (SSSR count). The third kappa shape index (κ3) is 12.9. The first-order valence-corrected chi connectivity index (χ1v) is 10.9. The molecule has 1 aromatic rings. The quantitative estimate of drug-likeness (QED) is 0.199. The van der Waals surface area contributed by atoms with Crippen LogP contribution in [0.2, 0.25) is 0 Å². The Morgan fingerprint density at radius 1 is 0.720 bits per heavy atom. The minimum absolute atomic E-state index is 0.450. The van der Waals surface area contributed by atoms with Gasteiger partial charge in [0.25, 0.3) is 0 Å². The summed E-state index contributed by atoms with van der Waals surface area (Å²) in [6, 6.07) is 1.86. The average molecular weight is 349 g/mol. The van der Waals surface area contributed by atoms with Crippen LogP contribution in [0.3, 0.4) is 0 Å². The van der Waals surface area contributed by atoms with Crippen molar-refractivity contribution < 1.29 is 9.21 Å². The number of furan rings is 1. The van der Waals surface area contributed by atoms with Gasteiger partial charge in [0.05, 0.1) is 6.26 Å². The second-order valence-corrected chi connectivity index (χ2v) is 7.53. The second kappa shape index (κ2) is 16.4. The highest BCUT2D eigenvalue weighted by Gasteiger charge is 2.00. The van der Waals surface area contributed by atoms with Crippen LogP contribution in [-0.4, -0.2) is 6.29 Å². The maximum Gasteiger partial charge on any atom is 0.185 e. The molecule has 0 spiro atoms. The predicted molar refractivity (Wildman–Crippen MR) is 107 cm³/mol. The summed E-state index contributed by atoms with van der Waals surface area (Å²) in [6.07, 6.45) is 25.9. The molecule has 0 aliphatic carbocycles. The number of carbonyl (C=O) groups is 1. The van der Waals surface area contributed by atoms with E-state index in [0.717, 1.165) is 18.3 Å². The number of rotatable bonds is 18. The van der Waals surface area contributed by atoms with Crippen molar-refractivity contribution in [2.45, 2.75) is 116 Å². The van der Waals surface area contributed by atoms with Crippen LogP contribution in [0.15, 0.2) is 16.7 Å². The van der Waals surface area contributed by atoms with Gasteiger partial charge in [-0.15, -0.1) is 0 Å². The molecule has 25 heavy (non-hydrogen) atoms. The molecule has 0 radical (unpaired) electrons. The molecule has 0 saturated heterocycles. The molecule has 0 aliphatic rings. The molecular formula is C23H40O2. The Kier molecular flexibility index (Phi) is 14.4. The van der Waals surface area contributed by atoms with Crippen LogP contribution >= 0.6 is 0 Å². The van der Waals surface area contributed by atoms with Gasteiger partial charge >= 0.3 is 0 Å². The predicted octanol–water partition coefficient (Wildman–Crippen LogP) is 7.90. The maximum absolute atomic E-state index is 10.5. The molecule has 0 unspecified atom stereocenters. The fraction of sp³-hybridized carbons (Fsp3) is 0.783. The Bertz CT molecular complexity index is 408. The van der Waals surface area contributed by atoms with Crippen LogP contribution in [0.1, 0.15) is 126 Å². The molecule has 0 bridgehead atoms. The van der Waals surface area contributed by atoms with Gasteiger partial charge in [-0.25, -0.2) is 0 Å². The Morgan fingerprint density at radius 2 is 1.16 bits per heavy atom. The van der Waals surface area contributed by atoms with Crippen LogP contribution in [0.4, 0.5) is 0 Å². The average Bonchev–Trinajstić information content (AvgIpc) is 3.09. The van der Waals surface area contributed by atoms with Crippen molar-refractivity contribution in [1.29, 1.82) is 0 Å². The van der Waals surface area contributed by atoms with Crippen molar-refractivity contribution in [3.05, 3.63) is 23.7 Å². The summed E-state index contributed by atoms with van der Waals surface area (Å²) >= 11 is 0. The van der Waals surface area contributed by atoms with Gasteiger partial charge in [-0.1, -0.05) is 103 Å². The van der Waals surface area contributed by atoms with Gasteiger partial charge < -0.3 is 4.42 Å². The molecule has 144 valence electrons. The van der Waals surface area contributed by atoms with Gasteiger partial charge in [0.2, 0.25) is 0 Å². The Labute approximate surface area is 155 Å². The molecule has 2 nitrogen and oxygen atoms in total. The highest BCUT2D eigenvalue weighted by Crippen LogP contribution is 2.15. The van der Waals surface area contributed by atoms with Crippen molar-refractivity contribution in [2.24, 2.45) is 0 Å². The van der Waals surface area contributed by atoms with E-state index in [9.17, 15) is 4.79 Å². The zero-order valence-corrected chi connectivity index (χ0v) is 16.6. The molecule has 1 aromatic heterocycles. The standard InChI is InChI=1S/C23H40O2/c1-2-3-4-5-6-7-8-9-10-11-12-13-14-15-16-17-18-22-19-23(20-24)25-21-22/h19-21H,2-18H2,1H3. The summed E-state index contributed by atoms with van der Waals surface area (Å²) in [5, 5.41) is 0. The lowest BCUT2D eigenvalue weighted by Crippen LogP contribution is -1.85. The van der Waals surface area contributed by atoms with Crippen molar-refractivity contribution >= 4 is 6.29 Å². The first-order valence-electron chi connectivity index (χ1n) is 10.9. The van der Waals surface area contributed by atoms with E-state index in [-0.39, 0.29) is 0 Å². The van der Waals surface area contributed by atoms with Crippen LogP contribution in [0, 0.1) is 0 Å². The lowest BCUT2D eigenvalue weighted by atomic mass is 10.0. The number of hydrogen-bond donors (Lipinski definition) is 0. The van der Waals surface area contributed by atoms with Gasteiger partial charge in [-0.3, -0.25) is 4.79 Å². The molecule has 0 aliphatic heterocycles. The molecule has 0 saturated carbocycles. The minimum Gasteiger partial charge on any atom is -0.461 e. The summed E-state index contributed by atoms with van der Waals surface area (Å²) in [6.45, 7) is 2.28. The molecule has 1 heterocycles. The molecule has 0 N–H and O–H groups in total. The lowest BCUT2D eigenvalue weighted by molar-refractivity contribution is 0.110. The van der Waals surface area contributed by atoms with Gasteiger partial charge in [0.15, 0.2) is 12.0 Å². The van der Waals surface area contributed by atoms with Crippen molar-refractivity contribution in [3.8, 4) is 0 Å². The van der Waals surface area contributed by atoms with Crippen molar-refractivity contribution in [1.82, 2.24) is 0 Å². The van der Waals surface area contributed by atoms with E-state index < -0.39 is 0 Å². The number of unbranched alkanes of at least 4 members (excludes halogenated alkanes) is 15. The fourth-order valence-electron chi connectivity index (χ4n) is 3.46.